The van der Waals surface area contributed by atoms with Crippen LogP contribution in [0.15, 0.2) is 29.2 Å². The highest BCUT2D eigenvalue weighted by Gasteiger charge is 2.12. The first kappa shape index (κ1) is 16.6. The second-order valence-electron chi connectivity index (χ2n) is 4.39. The van der Waals surface area contributed by atoms with E-state index in [-0.39, 0.29) is 17.4 Å². The number of unbranched alkanes of at least 4 members (excludes halogenated alkanes) is 2. The third-order valence-corrected chi connectivity index (χ3v) is 4.09. The first-order chi connectivity index (χ1) is 9.45. The summed E-state index contributed by atoms with van der Waals surface area (Å²) < 4.78 is 26.4. The first-order valence-corrected chi connectivity index (χ1v) is 7.92. The maximum atomic E-state index is 12.0. The number of aliphatic hydroxyl groups is 1. The molecule has 1 aromatic rings. The number of sulfonamides is 1. The molecule has 0 aromatic heterocycles. The third kappa shape index (κ3) is 5.68. The van der Waals surface area contributed by atoms with Crippen LogP contribution in [0.5, 0.6) is 0 Å². The number of nitrogens with one attached hydrogen (secondary N) is 2. The van der Waals surface area contributed by atoms with Gasteiger partial charge in [-0.3, -0.25) is 4.79 Å². The van der Waals surface area contributed by atoms with Crippen molar-refractivity contribution >= 4 is 21.6 Å². The molecule has 0 bridgehead atoms. The highest BCUT2D eigenvalue weighted by Crippen LogP contribution is 2.14. The van der Waals surface area contributed by atoms with Crippen LogP contribution < -0.4 is 10.0 Å². The van der Waals surface area contributed by atoms with Gasteiger partial charge in [0.1, 0.15) is 0 Å². The van der Waals surface area contributed by atoms with E-state index in [2.05, 4.69) is 10.0 Å². The number of aliphatic hydroxyl groups excluding tert-OH is 1. The molecule has 7 heteroatoms. The van der Waals surface area contributed by atoms with Crippen molar-refractivity contribution in [3.05, 3.63) is 24.3 Å². The van der Waals surface area contributed by atoms with Crippen molar-refractivity contribution in [2.75, 3.05) is 18.5 Å². The Bertz CT molecular complexity index is 526. The smallest absolute Gasteiger partial charge is 0.240 e. The molecule has 0 atom stereocenters. The summed E-state index contributed by atoms with van der Waals surface area (Å²) in [5.74, 6) is -0.206. The van der Waals surface area contributed by atoms with Gasteiger partial charge in [-0.15, -0.1) is 0 Å². The Balaban J connectivity index is 2.56. The summed E-state index contributed by atoms with van der Waals surface area (Å²) in [7, 11) is -3.52. The quantitative estimate of drug-likeness (QED) is 0.626. The van der Waals surface area contributed by atoms with E-state index in [4.69, 9.17) is 5.11 Å². The lowest BCUT2D eigenvalue weighted by Crippen LogP contribution is -2.24. The van der Waals surface area contributed by atoms with Crippen LogP contribution in [0.1, 0.15) is 26.2 Å². The van der Waals surface area contributed by atoms with Gasteiger partial charge in [0, 0.05) is 25.8 Å². The highest BCUT2D eigenvalue weighted by molar-refractivity contribution is 7.89. The zero-order valence-electron chi connectivity index (χ0n) is 11.4. The fourth-order valence-corrected chi connectivity index (χ4v) is 2.70. The Hall–Kier alpha value is -1.44. The molecule has 6 nitrogen and oxygen atoms in total. The molecule has 0 heterocycles. The minimum atomic E-state index is -3.52. The molecule has 1 amide bonds. The zero-order chi connectivity index (χ0) is 15.0. The molecule has 0 saturated carbocycles. The second kappa shape index (κ2) is 7.98. The van der Waals surface area contributed by atoms with E-state index < -0.39 is 10.0 Å². The minimum Gasteiger partial charge on any atom is -0.396 e. The largest absolute Gasteiger partial charge is 0.396 e. The van der Waals surface area contributed by atoms with Crippen LogP contribution in [0, 0.1) is 0 Å². The van der Waals surface area contributed by atoms with Crippen molar-refractivity contribution in [3.8, 4) is 0 Å². The maximum Gasteiger partial charge on any atom is 0.240 e. The third-order valence-electron chi connectivity index (χ3n) is 2.61. The molecular weight excluding hydrogens is 280 g/mol. The topological polar surface area (TPSA) is 95.5 Å². The first-order valence-electron chi connectivity index (χ1n) is 6.44. The van der Waals surface area contributed by atoms with Gasteiger partial charge >= 0.3 is 0 Å². The molecule has 0 saturated heterocycles. The van der Waals surface area contributed by atoms with Crippen molar-refractivity contribution < 1.29 is 18.3 Å². The summed E-state index contributed by atoms with van der Waals surface area (Å²) in [5.41, 5.74) is 0.555. The molecule has 1 aromatic carbocycles. The Morgan fingerprint density at radius 2 is 1.80 bits per heavy atom. The van der Waals surface area contributed by atoms with E-state index in [9.17, 15) is 13.2 Å². The van der Waals surface area contributed by atoms with Gasteiger partial charge in [-0.1, -0.05) is 0 Å². The van der Waals surface area contributed by atoms with Crippen molar-refractivity contribution in [1.82, 2.24) is 4.72 Å². The predicted octanol–water partition coefficient (Wildman–Crippen LogP) is 1.09. The number of amides is 1. The van der Waals surface area contributed by atoms with Gasteiger partial charge in [0.2, 0.25) is 15.9 Å². The summed E-state index contributed by atoms with van der Waals surface area (Å²) >= 11 is 0. The number of anilines is 1. The fourth-order valence-electron chi connectivity index (χ4n) is 1.62. The molecule has 112 valence electrons. The fraction of sp³-hybridized carbons (Fsp3) is 0.462. The molecule has 20 heavy (non-hydrogen) atoms. The molecule has 0 spiro atoms. The molecule has 0 aliphatic carbocycles. The van der Waals surface area contributed by atoms with Crippen LogP contribution >= 0.6 is 0 Å². The van der Waals surface area contributed by atoms with E-state index >= 15 is 0 Å². The predicted molar refractivity (Wildman–Crippen MR) is 76.9 cm³/mol. The summed E-state index contributed by atoms with van der Waals surface area (Å²) in [4.78, 5) is 11.0. The van der Waals surface area contributed by atoms with E-state index in [1.54, 1.807) is 12.1 Å². The Morgan fingerprint density at radius 1 is 1.15 bits per heavy atom. The van der Waals surface area contributed by atoms with Gasteiger partial charge in [0.15, 0.2) is 0 Å². The maximum absolute atomic E-state index is 12.0. The molecule has 0 aliphatic heterocycles. The van der Waals surface area contributed by atoms with Crippen molar-refractivity contribution in [1.29, 1.82) is 0 Å². The average Bonchev–Trinajstić information content (AvgIpc) is 2.38. The lowest BCUT2D eigenvalue weighted by molar-refractivity contribution is -0.114. The van der Waals surface area contributed by atoms with Gasteiger partial charge < -0.3 is 10.4 Å². The Kier molecular flexibility index (Phi) is 6.63. The van der Waals surface area contributed by atoms with Gasteiger partial charge in [-0.05, 0) is 43.5 Å². The molecule has 3 N–H and O–H groups in total. The summed E-state index contributed by atoms with van der Waals surface area (Å²) in [5, 5.41) is 11.2. The lowest BCUT2D eigenvalue weighted by Gasteiger charge is -2.07. The van der Waals surface area contributed by atoms with Crippen LogP contribution in [0.4, 0.5) is 5.69 Å². The van der Waals surface area contributed by atoms with Crippen molar-refractivity contribution in [3.63, 3.8) is 0 Å². The van der Waals surface area contributed by atoms with E-state index in [1.807, 2.05) is 0 Å². The number of hydrogen-bond acceptors (Lipinski definition) is 4. The molecule has 0 radical (unpaired) electrons. The lowest BCUT2D eigenvalue weighted by atomic mass is 10.2. The van der Waals surface area contributed by atoms with Crippen molar-refractivity contribution in [2.45, 2.75) is 31.1 Å². The summed E-state index contributed by atoms with van der Waals surface area (Å²) in [6.07, 6.45) is 2.14. The number of carbonyl (C=O) groups is 1. The second-order valence-corrected chi connectivity index (χ2v) is 6.15. The number of hydrogen-bond donors (Lipinski definition) is 3. The molecular formula is C13H20N2O4S. The molecule has 1 rings (SSSR count). The van der Waals surface area contributed by atoms with Gasteiger partial charge in [-0.2, -0.15) is 0 Å². The highest BCUT2D eigenvalue weighted by atomic mass is 32.2. The zero-order valence-corrected chi connectivity index (χ0v) is 12.2. The van der Waals surface area contributed by atoms with Crippen LogP contribution in [-0.2, 0) is 14.8 Å². The van der Waals surface area contributed by atoms with E-state index in [0.717, 1.165) is 6.42 Å². The average molecular weight is 300 g/mol. The molecule has 0 fully saturated rings. The summed E-state index contributed by atoms with van der Waals surface area (Å²) in [6, 6.07) is 5.98. The minimum absolute atomic E-state index is 0.122. The number of carbonyl (C=O) groups excluding carboxylic acids is 1. The monoisotopic (exact) mass is 300 g/mol. The molecule has 0 aliphatic rings. The number of rotatable bonds is 8. The van der Waals surface area contributed by atoms with Crippen LogP contribution in [0.2, 0.25) is 0 Å². The SMILES string of the molecule is CC(=O)Nc1ccc(S(=O)(=O)NCCCCCO)cc1. The van der Waals surface area contributed by atoms with Gasteiger partial charge in [-0.25, -0.2) is 13.1 Å². The van der Waals surface area contributed by atoms with Gasteiger partial charge in [0.25, 0.3) is 0 Å². The van der Waals surface area contributed by atoms with Crippen LogP contribution in [0.3, 0.4) is 0 Å². The normalized spacial score (nSPS) is 11.3. The standard InChI is InChI=1S/C13H20N2O4S/c1-11(17)15-12-5-7-13(8-6-12)20(18,19)14-9-3-2-4-10-16/h5-8,14,16H,2-4,9-10H2,1H3,(H,15,17). The summed E-state index contributed by atoms with van der Waals surface area (Å²) in [6.45, 7) is 1.85. The van der Waals surface area contributed by atoms with E-state index in [1.165, 1.54) is 19.1 Å². The van der Waals surface area contributed by atoms with Gasteiger partial charge in [0.05, 0.1) is 4.90 Å². The van der Waals surface area contributed by atoms with Crippen LogP contribution in [-0.4, -0.2) is 32.6 Å². The van der Waals surface area contributed by atoms with Crippen LogP contribution in [0.25, 0.3) is 0 Å². The molecule has 0 unspecified atom stereocenters. The van der Waals surface area contributed by atoms with Crippen molar-refractivity contribution in [2.24, 2.45) is 0 Å². The Labute approximate surface area is 119 Å². The Morgan fingerprint density at radius 3 is 2.35 bits per heavy atom. The van der Waals surface area contributed by atoms with E-state index in [0.29, 0.717) is 25.1 Å². The number of benzene rings is 1.